The number of carbonyl (C=O) groups is 1. The van der Waals surface area contributed by atoms with Crippen molar-refractivity contribution in [3.8, 4) is 35.3 Å². The number of benzene rings is 2. The molecule has 2 atom stereocenters. The third kappa shape index (κ3) is 10.9. The fourth-order valence-corrected chi connectivity index (χ4v) is 3.92. The number of terminal acetylenes is 1. The van der Waals surface area contributed by atoms with Crippen molar-refractivity contribution in [2.24, 2.45) is 5.92 Å². The molecule has 0 saturated carbocycles. The van der Waals surface area contributed by atoms with Crippen LogP contribution in [-0.2, 0) is 11.2 Å². The molecular formula is C30H42N2O5S. The van der Waals surface area contributed by atoms with Gasteiger partial charge in [0.15, 0.2) is 23.0 Å². The Bertz CT molecular complexity index is 1070. The van der Waals surface area contributed by atoms with Crippen LogP contribution in [0.5, 0.6) is 23.0 Å². The van der Waals surface area contributed by atoms with E-state index in [1.807, 2.05) is 57.2 Å². The van der Waals surface area contributed by atoms with Crippen molar-refractivity contribution in [2.45, 2.75) is 46.5 Å². The SMILES string of the molecule is C#CCOc1ccc(CC(C)C(=S)NCC)cc1OC.CCNC(=O)CC(C)c1ccc(OC)c(OC)c1. The smallest absolute Gasteiger partial charge is 0.220 e. The minimum Gasteiger partial charge on any atom is -0.493 e. The maximum Gasteiger partial charge on any atom is 0.220 e. The van der Waals surface area contributed by atoms with Crippen molar-refractivity contribution >= 4 is 23.1 Å². The second-order valence-corrected chi connectivity index (χ2v) is 9.09. The van der Waals surface area contributed by atoms with E-state index in [0.717, 1.165) is 29.1 Å². The highest BCUT2D eigenvalue weighted by molar-refractivity contribution is 7.80. The van der Waals surface area contributed by atoms with Gasteiger partial charge in [0.1, 0.15) is 6.61 Å². The van der Waals surface area contributed by atoms with Crippen LogP contribution in [0.2, 0.25) is 0 Å². The summed E-state index contributed by atoms with van der Waals surface area (Å²) in [7, 11) is 4.83. The molecule has 0 aliphatic rings. The third-order valence-corrected chi connectivity index (χ3v) is 6.27. The van der Waals surface area contributed by atoms with Crippen LogP contribution in [0.4, 0.5) is 0 Å². The van der Waals surface area contributed by atoms with Gasteiger partial charge in [0.05, 0.1) is 26.3 Å². The number of ether oxygens (including phenoxy) is 4. The van der Waals surface area contributed by atoms with E-state index < -0.39 is 0 Å². The first-order valence-electron chi connectivity index (χ1n) is 12.7. The zero-order valence-electron chi connectivity index (χ0n) is 23.7. The normalized spacial score (nSPS) is 11.5. The van der Waals surface area contributed by atoms with E-state index in [2.05, 4.69) is 23.5 Å². The molecule has 208 valence electrons. The van der Waals surface area contributed by atoms with Crippen molar-refractivity contribution in [1.29, 1.82) is 0 Å². The van der Waals surface area contributed by atoms with Crippen LogP contribution in [0.25, 0.3) is 0 Å². The first-order valence-corrected chi connectivity index (χ1v) is 13.1. The lowest BCUT2D eigenvalue weighted by Gasteiger charge is -2.15. The summed E-state index contributed by atoms with van der Waals surface area (Å²) < 4.78 is 21.2. The molecule has 2 rings (SSSR count). The van der Waals surface area contributed by atoms with E-state index in [0.29, 0.717) is 36.0 Å². The quantitative estimate of drug-likeness (QED) is 0.268. The molecule has 0 bridgehead atoms. The van der Waals surface area contributed by atoms with E-state index in [1.165, 1.54) is 0 Å². The van der Waals surface area contributed by atoms with Crippen LogP contribution in [0.3, 0.4) is 0 Å². The Balaban J connectivity index is 0.000000382. The zero-order chi connectivity index (χ0) is 28.5. The molecule has 1 amide bonds. The number of amides is 1. The van der Waals surface area contributed by atoms with Gasteiger partial charge in [0.25, 0.3) is 0 Å². The average Bonchev–Trinajstić information content (AvgIpc) is 2.92. The van der Waals surface area contributed by atoms with Gasteiger partial charge in [-0.15, -0.1) is 6.42 Å². The first-order chi connectivity index (χ1) is 18.2. The molecule has 0 saturated heterocycles. The molecule has 2 aromatic carbocycles. The topological polar surface area (TPSA) is 78.0 Å². The Morgan fingerprint density at radius 3 is 2.11 bits per heavy atom. The molecule has 7 nitrogen and oxygen atoms in total. The molecule has 0 heterocycles. The van der Waals surface area contributed by atoms with Crippen LogP contribution in [-0.4, -0.2) is 51.9 Å². The number of thiocarbonyl (C=S) groups is 1. The predicted molar refractivity (Wildman–Crippen MR) is 158 cm³/mol. The summed E-state index contributed by atoms with van der Waals surface area (Å²) >= 11 is 5.33. The molecule has 2 N–H and O–H groups in total. The van der Waals surface area contributed by atoms with E-state index in [1.54, 1.807) is 21.3 Å². The van der Waals surface area contributed by atoms with Gasteiger partial charge in [-0.25, -0.2) is 0 Å². The lowest BCUT2D eigenvalue weighted by atomic mass is 9.97. The molecule has 8 heteroatoms. The van der Waals surface area contributed by atoms with Crippen LogP contribution in [0, 0.1) is 18.3 Å². The fraction of sp³-hybridized carbons (Fsp3) is 0.467. The standard InChI is InChI=1S/C16H21NO2S.C14H21NO3/c1-5-9-19-14-8-7-13(11-15(14)18-4)10-12(3)16(20)17-6-2;1-5-15-14(16)8-10(2)11-6-7-12(17-3)13(9-11)18-4/h1,7-8,11-12H,6,9-10H2,2-4H3,(H,17,20);6-7,9-10H,5,8H2,1-4H3,(H,15,16). The van der Waals surface area contributed by atoms with Crippen molar-refractivity contribution < 1.29 is 23.7 Å². The molecule has 0 aliphatic carbocycles. The first kappa shape index (κ1) is 32.6. The Morgan fingerprint density at radius 2 is 1.53 bits per heavy atom. The van der Waals surface area contributed by atoms with E-state index in [9.17, 15) is 4.79 Å². The van der Waals surface area contributed by atoms with E-state index in [4.69, 9.17) is 37.6 Å². The van der Waals surface area contributed by atoms with Crippen LogP contribution in [0.1, 0.15) is 51.2 Å². The Morgan fingerprint density at radius 1 is 0.921 bits per heavy atom. The van der Waals surface area contributed by atoms with E-state index in [-0.39, 0.29) is 24.3 Å². The molecule has 2 unspecified atom stereocenters. The molecule has 38 heavy (non-hydrogen) atoms. The van der Waals surface area contributed by atoms with Gasteiger partial charge in [-0.1, -0.05) is 44.1 Å². The number of nitrogens with one attached hydrogen (secondary N) is 2. The molecule has 0 aliphatic heterocycles. The predicted octanol–water partition coefficient (Wildman–Crippen LogP) is 5.16. The summed E-state index contributed by atoms with van der Waals surface area (Å²) in [4.78, 5) is 12.4. The number of hydrogen-bond donors (Lipinski definition) is 2. The third-order valence-electron chi connectivity index (χ3n) is 5.72. The number of hydrogen-bond acceptors (Lipinski definition) is 6. The highest BCUT2D eigenvalue weighted by Crippen LogP contribution is 2.31. The van der Waals surface area contributed by atoms with E-state index >= 15 is 0 Å². The highest BCUT2D eigenvalue weighted by Gasteiger charge is 2.14. The Kier molecular flexibility index (Phi) is 15.4. The number of rotatable bonds is 13. The molecule has 0 spiro atoms. The monoisotopic (exact) mass is 542 g/mol. The lowest BCUT2D eigenvalue weighted by molar-refractivity contribution is -0.121. The molecule has 0 aromatic heterocycles. The molecule has 0 radical (unpaired) electrons. The highest BCUT2D eigenvalue weighted by atomic mass is 32.1. The average molecular weight is 543 g/mol. The van der Waals surface area contributed by atoms with Crippen LogP contribution >= 0.6 is 12.2 Å². The van der Waals surface area contributed by atoms with Gasteiger partial charge >= 0.3 is 0 Å². The van der Waals surface area contributed by atoms with Gasteiger partial charge in [-0.2, -0.15) is 0 Å². The maximum absolute atomic E-state index is 11.5. The molecule has 2 aromatic rings. The summed E-state index contributed by atoms with van der Waals surface area (Å²) in [5, 5.41) is 5.99. The van der Waals surface area contributed by atoms with Crippen molar-refractivity contribution in [1.82, 2.24) is 10.6 Å². The summed E-state index contributed by atoms with van der Waals surface area (Å²) in [6.07, 6.45) is 6.52. The Labute approximate surface area is 233 Å². The van der Waals surface area contributed by atoms with Crippen molar-refractivity contribution in [2.75, 3.05) is 41.0 Å². The number of methoxy groups -OCH3 is 3. The summed E-state index contributed by atoms with van der Waals surface area (Å²) in [6.45, 7) is 9.84. The summed E-state index contributed by atoms with van der Waals surface area (Å²) in [6, 6.07) is 11.6. The van der Waals surface area contributed by atoms with Gasteiger partial charge in [-0.05, 0) is 61.6 Å². The minimum atomic E-state index is 0.0692. The largest absolute Gasteiger partial charge is 0.493 e. The Hall–Kier alpha value is -3.44. The van der Waals surface area contributed by atoms with Gasteiger partial charge < -0.3 is 29.6 Å². The molecular weight excluding hydrogens is 500 g/mol. The van der Waals surface area contributed by atoms with Gasteiger partial charge in [0, 0.05) is 25.4 Å². The second kappa shape index (κ2) is 17.9. The van der Waals surface area contributed by atoms with Crippen molar-refractivity contribution in [3.05, 3.63) is 47.5 Å². The minimum absolute atomic E-state index is 0.0692. The second-order valence-electron chi connectivity index (χ2n) is 8.65. The lowest BCUT2D eigenvalue weighted by Crippen LogP contribution is -2.28. The maximum atomic E-state index is 11.5. The van der Waals surface area contributed by atoms with Crippen molar-refractivity contribution in [3.63, 3.8) is 0 Å². The summed E-state index contributed by atoms with van der Waals surface area (Å²) in [5.41, 5.74) is 2.22. The number of carbonyl (C=O) groups excluding carboxylic acids is 1. The van der Waals surface area contributed by atoms with Gasteiger partial charge in [0.2, 0.25) is 5.91 Å². The van der Waals surface area contributed by atoms with Crippen LogP contribution in [0.15, 0.2) is 36.4 Å². The summed E-state index contributed by atoms with van der Waals surface area (Å²) in [5.74, 6) is 5.69. The van der Waals surface area contributed by atoms with Gasteiger partial charge in [-0.3, -0.25) is 4.79 Å². The van der Waals surface area contributed by atoms with Crippen LogP contribution < -0.4 is 29.6 Å². The molecule has 0 fully saturated rings. The zero-order valence-corrected chi connectivity index (χ0v) is 24.5. The fourth-order valence-electron chi connectivity index (χ4n) is 3.70.